The molecule has 3 nitrogen and oxygen atoms in total. The van der Waals surface area contributed by atoms with Gasteiger partial charge >= 0.3 is 0 Å². The molecule has 0 unspecified atom stereocenters. The van der Waals surface area contributed by atoms with Crippen LogP contribution in [-0.2, 0) is 11.2 Å². The molecule has 1 aliphatic rings. The fraction of sp³-hybridized carbons (Fsp3) is 0.500. The molecule has 0 saturated carbocycles. The highest BCUT2D eigenvalue weighted by atomic mass is 19.1. The van der Waals surface area contributed by atoms with Gasteiger partial charge in [0.2, 0.25) is 5.91 Å². The molecule has 0 atom stereocenters. The normalized spacial score (nSPS) is 14.4. The average molecular weight is 305 g/mol. The lowest BCUT2D eigenvalue weighted by molar-refractivity contribution is -0.121. The van der Waals surface area contributed by atoms with Crippen molar-refractivity contribution >= 4 is 5.91 Å². The van der Waals surface area contributed by atoms with Gasteiger partial charge in [-0.2, -0.15) is 0 Å². The highest BCUT2D eigenvalue weighted by molar-refractivity contribution is 5.76. The number of aryl methyl sites for hydroxylation is 1. The number of amides is 1. The minimum Gasteiger partial charge on any atom is -0.494 e. The molecule has 0 spiro atoms. The van der Waals surface area contributed by atoms with E-state index in [1.165, 1.54) is 44.4 Å². The van der Waals surface area contributed by atoms with Gasteiger partial charge < -0.3 is 10.1 Å². The molecular formula is C18H24FNO2. The first-order valence-electron chi connectivity index (χ1n) is 7.96. The molecule has 1 aromatic carbocycles. The van der Waals surface area contributed by atoms with Gasteiger partial charge in [-0.05, 0) is 56.2 Å². The summed E-state index contributed by atoms with van der Waals surface area (Å²) in [6.07, 6.45) is 9.06. The second-order valence-corrected chi connectivity index (χ2v) is 5.68. The zero-order valence-electron chi connectivity index (χ0n) is 13.2. The largest absolute Gasteiger partial charge is 0.494 e. The van der Waals surface area contributed by atoms with Crippen molar-refractivity contribution in [1.82, 2.24) is 5.32 Å². The molecule has 0 aliphatic heterocycles. The number of hydrogen-bond acceptors (Lipinski definition) is 2. The number of allylic oxidation sites excluding steroid dienone is 1. The Kier molecular flexibility index (Phi) is 6.44. The lowest BCUT2D eigenvalue weighted by Crippen LogP contribution is -2.25. The van der Waals surface area contributed by atoms with Gasteiger partial charge in [-0.25, -0.2) is 4.39 Å². The Hall–Kier alpha value is -1.84. The minimum absolute atomic E-state index is 0.0210. The standard InChI is InChI=1S/C18H24FNO2/c1-22-17-9-7-15(13-16(17)19)8-10-18(21)20-12-11-14-5-3-2-4-6-14/h5,7,9,13H,2-4,6,8,10-12H2,1H3,(H,20,21). The number of carbonyl (C=O) groups is 1. The van der Waals surface area contributed by atoms with E-state index in [1.807, 2.05) is 0 Å². The van der Waals surface area contributed by atoms with Gasteiger partial charge in [0.15, 0.2) is 11.6 Å². The van der Waals surface area contributed by atoms with Crippen molar-refractivity contribution in [3.8, 4) is 5.75 Å². The van der Waals surface area contributed by atoms with Crippen LogP contribution in [0, 0.1) is 5.82 Å². The van der Waals surface area contributed by atoms with Crippen LogP contribution in [0.1, 0.15) is 44.1 Å². The molecule has 0 radical (unpaired) electrons. The zero-order valence-corrected chi connectivity index (χ0v) is 13.2. The van der Waals surface area contributed by atoms with Crippen LogP contribution in [0.5, 0.6) is 5.75 Å². The molecule has 4 heteroatoms. The second kappa shape index (κ2) is 8.57. The van der Waals surface area contributed by atoms with Crippen molar-refractivity contribution < 1.29 is 13.9 Å². The number of hydrogen-bond donors (Lipinski definition) is 1. The Bertz CT molecular complexity index is 540. The second-order valence-electron chi connectivity index (χ2n) is 5.68. The molecule has 0 fully saturated rings. The van der Waals surface area contributed by atoms with Crippen LogP contribution >= 0.6 is 0 Å². The zero-order chi connectivity index (χ0) is 15.8. The summed E-state index contributed by atoms with van der Waals surface area (Å²) in [7, 11) is 1.44. The number of halogens is 1. The molecule has 1 amide bonds. The summed E-state index contributed by atoms with van der Waals surface area (Å²) >= 11 is 0. The van der Waals surface area contributed by atoms with E-state index in [9.17, 15) is 9.18 Å². The number of methoxy groups -OCH3 is 1. The maximum Gasteiger partial charge on any atom is 0.220 e. The Labute approximate surface area is 131 Å². The van der Waals surface area contributed by atoms with Crippen molar-refractivity contribution in [3.05, 3.63) is 41.2 Å². The van der Waals surface area contributed by atoms with Crippen LogP contribution in [0.4, 0.5) is 4.39 Å². The van der Waals surface area contributed by atoms with Crippen LogP contribution in [0.2, 0.25) is 0 Å². The molecule has 1 N–H and O–H groups in total. The smallest absolute Gasteiger partial charge is 0.220 e. The molecule has 0 heterocycles. The summed E-state index contributed by atoms with van der Waals surface area (Å²) in [5, 5.41) is 2.94. The van der Waals surface area contributed by atoms with E-state index in [2.05, 4.69) is 11.4 Å². The summed E-state index contributed by atoms with van der Waals surface area (Å²) in [6.45, 7) is 0.696. The predicted molar refractivity (Wildman–Crippen MR) is 85.5 cm³/mol. The van der Waals surface area contributed by atoms with Crippen molar-refractivity contribution in [2.45, 2.75) is 44.9 Å². The SMILES string of the molecule is COc1ccc(CCC(=O)NCCC2=CCCCC2)cc1F. The Morgan fingerprint density at radius 2 is 2.18 bits per heavy atom. The molecule has 1 aliphatic carbocycles. The van der Waals surface area contributed by atoms with Gasteiger partial charge in [-0.1, -0.05) is 17.7 Å². The van der Waals surface area contributed by atoms with Gasteiger partial charge in [0.25, 0.3) is 0 Å². The number of ether oxygens (including phenoxy) is 1. The van der Waals surface area contributed by atoms with Gasteiger partial charge in [0.1, 0.15) is 0 Å². The Morgan fingerprint density at radius 3 is 2.86 bits per heavy atom. The maximum atomic E-state index is 13.6. The Morgan fingerprint density at radius 1 is 1.32 bits per heavy atom. The van der Waals surface area contributed by atoms with E-state index in [1.54, 1.807) is 12.1 Å². The molecule has 1 aromatic rings. The minimum atomic E-state index is -0.385. The summed E-state index contributed by atoms with van der Waals surface area (Å²) in [5.74, 6) is -0.133. The highest BCUT2D eigenvalue weighted by Gasteiger charge is 2.07. The van der Waals surface area contributed by atoms with Crippen LogP contribution < -0.4 is 10.1 Å². The Balaban J connectivity index is 1.69. The van der Waals surface area contributed by atoms with E-state index >= 15 is 0 Å². The van der Waals surface area contributed by atoms with Crippen molar-refractivity contribution in [2.75, 3.05) is 13.7 Å². The lowest BCUT2D eigenvalue weighted by atomic mass is 9.97. The van der Waals surface area contributed by atoms with Gasteiger partial charge in [-0.3, -0.25) is 4.79 Å². The van der Waals surface area contributed by atoms with Gasteiger partial charge in [0, 0.05) is 13.0 Å². The molecule has 2 rings (SSSR count). The van der Waals surface area contributed by atoms with Crippen molar-refractivity contribution in [2.24, 2.45) is 0 Å². The van der Waals surface area contributed by atoms with Crippen LogP contribution in [0.25, 0.3) is 0 Å². The van der Waals surface area contributed by atoms with Crippen LogP contribution in [0.3, 0.4) is 0 Å². The van der Waals surface area contributed by atoms with Gasteiger partial charge in [0.05, 0.1) is 7.11 Å². The molecule has 0 aromatic heterocycles. The average Bonchev–Trinajstić information content (AvgIpc) is 2.54. The number of benzene rings is 1. The third-order valence-corrected chi connectivity index (χ3v) is 4.01. The van der Waals surface area contributed by atoms with Crippen LogP contribution in [-0.4, -0.2) is 19.6 Å². The van der Waals surface area contributed by atoms with Crippen LogP contribution in [0.15, 0.2) is 29.8 Å². The van der Waals surface area contributed by atoms with E-state index in [0.29, 0.717) is 19.4 Å². The third kappa shape index (κ3) is 5.17. The number of nitrogens with one attached hydrogen (secondary N) is 1. The highest BCUT2D eigenvalue weighted by Crippen LogP contribution is 2.20. The van der Waals surface area contributed by atoms with Crippen molar-refractivity contribution in [1.29, 1.82) is 0 Å². The quantitative estimate of drug-likeness (QED) is 0.779. The first-order chi connectivity index (χ1) is 10.7. The van der Waals surface area contributed by atoms with Gasteiger partial charge in [-0.15, -0.1) is 0 Å². The summed E-state index contributed by atoms with van der Waals surface area (Å²) in [6, 6.07) is 4.82. The third-order valence-electron chi connectivity index (χ3n) is 4.01. The molecule has 0 bridgehead atoms. The topological polar surface area (TPSA) is 38.3 Å². The number of carbonyl (C=O) groups excluding carboxylic acids is 1. The van der Waals surface area contributed by atoms with E-state index in [0.717, 1.165) is 12.0 Å². The molecular weight excluding hydrogens is 281 g/mol. The first kappa shape index (κ1) is 16.5. The maximum absolute atomic E-state index is 13.6. The monoisotopic (exact) mass is 305 g/mol. The number of rotatable bonds is 7. The summed E-state index contributed by atoms with van der Waals surface area (Å²) < 4.78 is 18.4. The molecule has 22 heavy (non-hydrogen) atoms. The fourth-order valence-corrected chi connectivity index (χ4v) is 2.71. The van der Waals surface area contributed by atoms with E-state index in [-0.39, 0.29) is 17.5 Å². The fourth-order valence-electron chi connectivity index (χ4n) is 2.71. The first-order valence-corrected chi connectivity index (χ1v) is 7.96. The van der Waals surface area contributed by atoms with E-state index < -0.39 is 0 Å². The molecule has 0 saturated heterocycles. The van der Waals surface area contributed by atoms with E-state index in [4.69, 9.17) is 4.74 Å². The van der Waals surface area contributed by atoms with Crippen molar-refractivity contribution in [3.63, 3.8) is 0 Å². The predicted octanol–water partition coefficient (Wildman–Crippen LogP) is 3.77. The summed E-state index contributed by atoms with van der Waals surface area (Å²) in [5.41, 5.74) is 2.27. The lowest BCUT2D eigenvalue weighted by Gasteiger charge is -2.13. The molecule has 120 valence electrons. The summed E-state index contributed by atoms with van der Waals surface area (Å²) in [4.78, 5) is 11.8.